The summed E-state index contributed by atoms with van der Waals surface area (Å²) in [5.41, 5.74) is 4.04. The van der Waals surface area contributed by atoms with E-state index in [4.69, 9.17) is 10.1 Å². The Labute approximate surface area is 223 Å². The van der Waals surface area contributed by atoms with E-state index >= 15 is 0 Å². The molecule has 4 aromatic rings. The SMILES string of the molecule is CCCN(Cc1ccccc1)c1cc(NC(=O)Nc2ccc(C)cc2)cc(-c2ccccc2S(N)(=O)=O)n1. The first-order valence-corrected chi connectivity index (χ1v) is 13.9. The van der Waals surface area contributed by atoms with Crippen molar-refractivity contribution < 1.29 is 13.2 Å². The number of aromatic nitrogens is 1. The van der Waals surface area contributed by atoms with Crippen molar-refractivity contribution in [2.24, 2.45) is 5.14 Å². The Morgan fingerprint density at radius 2 is 1.55 bits per heavy atom. The Kier molecular flexibility index (Phi) is 8.40. The highest BCUT2D eigenvalue weighted by Crippen LogP contribution is 2.31. The second-order valence-corrected chi connectivity index (χ2v) is 10.5. The number of pyridine rings is 1. The van der Waals surface area contributed by atoms with Crippen molar-refractivity contribution >= 4 is 33.2 Å². The van der Waals surface area contributed by atoms with Crippen LogP contribution >= 0.6 is 0 Å². The van der Waals surface area contributed by atoms with E-state index in [0.717, 1.165) is 17.5 Å². The largest absolute Gasteiger partial charge is 0.352 e. The minimum absolute atomic E-state index is 0.0372. The van der Waals surface area contributed by atoms with Gasteiger partial charge in [0.1, 0.15) is 5.82 Å². The number of carbonyl (C=O) groups excluding carboxylic acids is 1. The standard InChI is InChI=1S/C29H31N5O3S/c1-3-17-34(20-22-9-5-4-6-10-22)28-19-24(32-29(35)31-23-15-13-21(2)14-16-23)18-26(33-28)25-11-7-8-12-27(25)38(30,36)37/h4-16,18-19H,3,17,20H2,1-2H3,(H2,30,36,37)(H2,31,32,33,35). The van der Waals surface area contributed by atoms with Crippen molar-refractivity contribution in [1.29, 1.82) is 0 Å². The average molecular weight is 530 g/mol. The van der Waals surface area contributed by atoms with E-state index in [0.29, 0.717) is 41.5 Å². The number of amides is 2. The number of hydrogen-bond donors (Lipinski definition) is 3. The minimum Gasteiger partial charge on any atom is -0.352 e. The van der Waals surface area contributed by atoms with Gasteiger partial charge in [0.25, 0.3) is 0 Å². The lowest BCUT2D eigenvalue weighted by Crippen LogP contribution is -2.25. The molecule has 0 aliphatic carbocycles. The van der Waals surface area contributed by atoms with Crippen LogP contribution in [-0.2, 0) is 16.6 Å². The molecule has 4 N–H and O–H groups in total. The van der Waals surface area contributed by atoms with Crippen LogP contribution in [0.4, 0.5) is 22.0 Å². The van der Waals surface area contributed by atoms with Crippen molar-refractivity contribution in [3.05, 3.63) is 102 Å². The molecule has 4 rings (SSSR count). The summed E-state index contributed by atoms with van der Waals surface area (Å²) in [6, 6.07) is 26.9. The van der Waals surface area contributed by atoms with Gasteiger partial charge in [-0.2, -0.15) is 0 Å². The lowest BCUT2D eigenvalue weighted by molar-refractivity contribution is 0.262. The molecule has 196 valence electrons. The van der Waals surface area contributed by atoms with E-state index in [2.05, 4.69) is 22.5 Å². The van der Waals surface area contributed by atoms with Crippen LogP contribution in [0.15, 0.2) is 95.9 Å². The number of nitrogens with zero attached hydrogens (tertiary/aromatic N) is 2. The molecule has 38 heavy (non-hydrogen) atoms. The number of rotatable bonds is 9. The van der Waals surface area contributed by atoms with Gasteiger partial charge < -0.3 is 15.5 Å². The summed E-state index contributed by atoms with van der Waals surface area (Å²) >= 11 is 0. The average Bonchev–Trinajstić information content (AvgIpc) is 2.89. The molecule has 1 heterocycles. The molecule has 2 amide bonds. The highest BCUT2D eigenvalue weighted by Gasteiger charge is 2.19. The predicted octanol–water partition coefficient (Wildman–Crippen LogP) is 5.77. The number of aryl methyl sites for hydroxylation is 1. The van der Waals surface area contributed by atoms with Crippen LogP contribution in [0.25, 0.3) is 11.3 Å². The Hall–Kier alpha value is -4.21. The maximum absolute atomic E-state index is 12.9. The molecule has 0 bridgehead atoms. The first kappa shape index (κ1) is 26.8. The molecule has 0 fully saturated rings. The maximum Gasteiger partial charge on any atom is 0.323 e. The van der Waals surface area contributed by atoms with Gasteiger partial charge in [0.2, 0.25) is 10.0 Å². The van der Waals surface area contributed by atoms with Gasteiger partial charge in [0.15, 0.2) is 0 Å². The smallest absolute Gasteiger partial charge is 0.323 e. The number of urea groups is 1. The second kappa shape index (κ2) is 11.9. The Morgan fingerprint density at radius 1 is 0.895 bits per heavy atom. The third-order valence-electron chi connectivity index (χ3n) is 5.88. The third-order valence-corrected chi connectivity index (χ3v) is 6.85. The molecule has 0 spiro atoms. The van der Waals surface area contributed by atoms with Gasteiger partial charge in [-0.1, -0.05) is 73.2 Å². The van der Waals surface area contributed by atoms with E-state index in [1.54, 1.807) is 30.3 Å². The molecule has 0 atom stereocenters. The molecule has 9 heteroatoms. The highest BCUT2D eigenvalue weighted by atomic mass is 32.2. The number of carbonyl (C=O) groups is 1. The molecule has 0 aliphatic heterocycles. The topological polar surface area (TPSA) is 117 Å². The van der Waals surface area contributed by atoms with Crippen LogP contribution in [0.5, 0.6) is 0 Å². The molecule has 8 nitrogen and oxygen atoms in total. The monoisotopic (exact) mass is 529 g/mol. The fourth-order valence-corrected chi connectivity index (χ4v) is 4.84. The van der Waals surface area contributed by atoms with Crippen molar-refractivity contribution in [3.63, 3.8) is 0 Å². The van der Waals surface area contributed by atoms with E-state index in [1.807, 2.05) is 61.5 Å². The van der Waals surface area contributed by atoms with Crippen molar-refractivity contribution in [3.8, 4) is 11.3 Å². The van der Waals surface area contributed by atoms with Gasteiger partial charge in [-0.05, 0) is 43.2 Å². The van der Waals surface area contributed by atoms with Crippen LogP contribution in [0.3, 0.4) is 0 Å². The van der Waals surface area contributed by atoms with Gasteiger partial charge in [-0.15, -0.1) is 0 Å². The number of sulfonamides is 1. The lowest BCUT2D eigenvalue weighted by atomic mass is 10.1. The number of hydrogen-bond acceptors (Lipinski definition) is 5. The van der Waals surface area contributed by atoms with Crippen LogP contribution in [0.1, 0.15) is 24.5 Å². The Bertz CT molecular complexity index is 1510. The van der Waals surface area contributed by atoms with Gasteiger partial charge in [0, 0.05) is 36.1 Å². The number of nitrogens with one attached hydrogen (secondary N) is 2. The number of anilines is 3. The fourth-order valence-electron chi connectivity index (χ4n) is 4.09. The zero-order valence-corrected chi connectivity index (χ0v) is 22.2. The van der Waals surface area contributed by atoms with Crippen LogP contribution < -0.4 is 20.7 Å². The normalized spacial score (nSPS) is 11.1. The summed E-state index contributed by atoms with van der Waals surface area (Å²) in [5.74, 6) is 0.600. The molecule has 0 radical (unpaired) electrons. The van der Waals surface area contributed by atoms with Crippen molar-refractivity contribution in [2.45, 2.75) is 31.7 Å². The summed E-state index contributed by atoms with van der Waals surface area (Å²) in [6.07, 6.45) is 0.864. The molecule has 0 unspecified atom stereocenters. The van der Waals surface area contributed by atoms with E-state index in [-0.39, 0.29) is 4.90 Å². The van der Waals surface area contributed by atoms with Crippen LogP contribution in [0.2, 0.25) is 0 Å². The zero-order valence-electron chi connectivity index (χ0n) is 21.4. The van der Waals surface area contributed by atoms with Crippen molar-refractivity contribution in [2.75, 3.05) is 22.1 Å². The Morgan fingerprint density at radius 3 is 2.24 bits per heavy atom. The molecule has 0 aliphatic rings. The molecule has 0 saturated heterocycles. The molecular formula is C29H31N5O3S. The summed E-state index contributed by atoms with van der Waals surface area (Å²) in [4.78, 5) is 19.8. The quantitative estimate of drug-likeness (QED) is 0.255. The van der Waals surface area contributed by atoms with E-state index in [9.17, 15) is 13.2 Å². The second-order valence-electron chi connectivity index (χ2n) is 8.99. The van der Waals surface area contributed by atoms with Gasteiger partial charge in [-0.25, -0.2) is 23.3 Å². The van der Waals surface area contributed by atoms with E-state index < -0.39 is 16.1 Å². The molecule has 0 saturated carbocycles. The van der Waals surface area contributed by atoms with E-state index in [1.165, 1.54) is 6.07 Å². The number of benzene rings is 3. The summed E-state index contributed by atoms with van der Waals surface area (Å²) in [5, 5.41) is 11.2. The molecular weight excluding hydrogens is 498 g/mol. The molecule has 3 aromatic carbocycles. The Balaban J connectivity index is 1.75. The number of primary sulfonamides is 1. The maximum atomic E-state index is 12.9. The fraction of sp³-hybridized carbons (Fsp3) is 0.172. The van der Waals surface area contributed by atoms with Crippen LogP contribution in [0, 0.1) is 6.92 Å². The summed E-state index contributed by atoms with van der Waals surface area (Å²) < 4.78 is 24.7. The third kappa shape index (κ3) is 6.96. The van der Waals surface area contributed by atoms with Gasteiger partial charge in [-0.3, -0.25) is 0 Å². The summed E-state index contributed by atoms with van der Waals surface area (Å²) in [6.45, 7) is 5.35. The molecule has 1 aromatic heterocycles. The predicted molar refractivity (Wildman–Crippen MR) is 153 cm³/mol. The minimum atomic E-state index is -4.01. The first-order valence-electron chi connectivity index (χ1n) is 12.3. The lowest BCUT2D eigenvalue weighted by Gasteiger charge is -2.25. The number of nitrogens with two attached hydrogens (primary N) is 1. The zero-order chi connectivity index (χ0) is 27.1. The first-order chi connectivity index (χ1) is 18.2. The van der Waals surface area contributed by atoms with Crippen molar-refractivity contribution in [1.82, 2.24) is 4.98 Å². The van der Waals surface area contributed by atoms with Gasteiger partial charge in [0.05, 0.1) is 10.6 Å². The van der Waals surface area contributed by atoms with Gasteiger partial charge >= 0.3 is 6.03 Å². The highest BCUT2D eigenvalue weighted by molar-refractivity contribution is 7.89. The summed E-state index contributed by atoms with van der Waals surface area (Å²) in [7, 11) is -4.01. The van der Waals surface area contributed by atoms with Crippen LogP contribution in [-0.4, -0.2) is 26.0 Å².